The van der Waals surface area contributed by atoms with Crippen molar-refractivity contribution in [2.24, 2.45) is 17.8 Å². The lowest BCUT2D eigenvalue weighted by molar-refractivity contribution is -0.119. The number of hydrogen-bond acceptors (Lipinski definition) is 2. The molecular weight excluding hydrogens is 308 g/mol. The zero-order valence-corrected chi connectivity index (χ0v) is 14.4. The van der Waals surface area contributed by atoms with E-state index in [9.17, 15) is 4.79 Å². The molecule has 1 atom stereocenters. The van der Waals surface area contributed by atoms with Crippen LogP contribution >= 0.6 is 11.6 Å². The molecule has 0 spiro atoms. The van der Waals surface area contributed by atoms with Crippen LogP contribution in [0.5, 0.6) is 0 Å². The van der Waals surface area contributed by atoms with Gasteiger partial charge in [0.05, 0.1) is 6.04 Å². The van der Waals surface area contributed by atoms with E-state index < -0.39 is 0 Å². The van der Waals surface area contributed by atoms with E-state index in [-0.39, 0.29) is 17.5 Å². The molecule has 3 nitrogen and oxygen atoms in total. The number of halogens is 1. The van der Waals surface area contributed by atoms with Crippen LogP contribution in [0.4, 0.5) is 5.69 Å². The maximum atomic E-state index is 12.5. The van der Waals surface area contributed by atoms with Gasteiger partial charge in [-0.15, -0.1) is 0 Å². The van der Waals surface area contributed by atoms with Crippen LogP contribution in [0.1, 0.15) is 45.4 Å². The Morgan fingerprint density at radius 2 is 1.61 bits per heavy atom. The highest BCUT2D eigenvalue weighted by molar-refractivity contribution is 6.30. The summed E-state index contributed by atoms with van der Waals surface area (Å²) in [5, 5.41) is 7.39. The Bertz CT molecular complexity index is 563. The van der Waals surface area contributed by atoms with Gasteiger partial charge in [0.2, 0.25) is 5.91 Å². The highest BCUT2D eigenvalue weighted by Crippen LogP contribution is 2.55. The number of carbonyl (C=O) groups is 1. The molecule has 0 radical (unpaired) electrons. The fourth-order valence-corrected chi connectivity index (χ4v) is 5.72. The van der Waals surface area contributed by atoms with Crippen molar-refractivity contribution < 1.29 is 4.79 Å². The maximum absolute atomic E-state index is 12.5. The second-order valence-corrected chi connectivity index (χ2v) is 8.50. The summed E-state index contributed by atoms with van der Waals surface area (Å²) in [5.74, 6) is 2.71. The van der Waals surface area contributed by atoms with Crippen LogP contribution in [-0.4, -0.2) is 17.5 Å². The zero-order chi connectivity index (χ0) is 16.0. The predicted molar refractivity (Wildman–Crippen MR) is 93.6 cm³/mol. The lowest BCUT2D eigenvalue weighted by atomic mass is 9.53. The highest BCUT2D eigenvalue weighted by Gasteiger charge is 2.51. The molecule has 0 unspecified atom stereocenters. The van der Waals surface area contributed by atoms with Gasteiger partial charge in [-0.1, -0.05) is 11.6 Å². The molecular formula is C19H25ClN2O. The summed E-state index contributed by atoms with van der Waals surface area (Å²) in [6, 6.07) is 7.12. The number of nitrogens with one attached hydrogen (secondary N) is 2. The molecule has 0 aliphatic heterocycles. The summed E-state index contributed by atoms with van der Waals surface area (Å²) in [7, 11) is 0. The van der Waals surface area contributed by atoms with Gasteiger partial charge in [0.15, 0.2) is 0 Å². The smallest absolute Gasteiger partial charge is 0.241 e. The third-order valence-corrected chi connectivity index (χ3v) is 6.32. The van der Waals surface area contributed by atoms with Gasteiger partial charge in [-0.05, 0) is 87.5 Å². The van der Waals surface area contributed by atoms with Crippen LogP contribution in [0.25, 0.3) is 0 Å². The molecule has 1 amide bonds. The maximum Gasteiger partial charge on any atom is 0.241 e. The van der Waals surface area contributed by atoms with Gasteiger partial charge in [-0.25, -0.2) is 0 Å². The molecule has 4 bridgehead atoms. The van der Waals surface area contributed by atoms with Gasteiger partial charge in [0.25, 0.3) is 0 Å². The Hall–Kier alpha value is -1.06. The molecule has 23 heavy (non-hydrogen) atoms. The van der Waals surface area contributed by atoms with Crippen molar-refractivity contribution in [3.05, 3.63) is 29.3 Å². The van der Waals surface area contributed by atoms with Gasteiger partial charge in [-0.3, -0.25) is 4.79 Å². The first kappa shape index (κ1) is 15.5. The molecule has 4 saturated carbocycles. The van der Waals surface area contributed by atoms with Crippen molar-refractivity contribution in [1.29, 1.82) is 0 Å². The number of rotatable bonds is 4. The summed E-state index contributed by atoms with van der Waals surface area (Å²) in [6.07, 6.45) is 8.05. The van der Waals surface area contributed by atoms with Gasteiger partial charge < -0.3 is 10.6 Å². The van der Waals surface area contributed by atoms with Crippen LogP contribution in [0, 0.1) is 17.8 Å². The first-order valence-electron chi connectivity index (χ1n) is 8.85. The summed E-state index contributed by atoms with van der Waals surface area (Å²) >= 11 is 5.89. The van der Waals surface area contributed by atoms with Crippen LogP contribution in [0.15, 0.2) is 24.3 Å². The van der Waals surface area contributed by atoms with Gasteiger partial charge in [0, 0.05) is 16.2 Å². The number of hydrogen-bond donors (Lipinski definition) is 2. The minimum absolute atomic E-state index is 0.0445. The molecule has 4 aliphatic carbocycles. The topological polar surface area (TPSA) is 41.1 Å². The van der Waals surface area contributed by atoms with Crippen molar-refractivity contribution in [2.45, 2.75) is 57.0 Å². The molecule has 0 aromatic heterocycles. The molecule has 124 valence electrons. The van der Waals surface area contributed by atoms with Crippen LogP contribution in [0.2, 0.25) is 5.02 Å². The van der Waals surface area contributed by atoms with E-state index in [4.69, 9.17) is 11.6 Å². The summed E-state index contributed by atoms with van der Waals surface area (Å²) in [5.41, 5.74) is 1.02. The van der Waals surface area contributed by atoms with Crippen LogP contribution in [-0.2, 0) is 4.79 Å². The molecule has 5 rings (SSSR count). The molecule has 4 fully saturated rings. The predicted octanol–water partition coefficient (Wildman–Crippen LogP) is 4.23. The van der Waals surface area contributed by atoms with Crippen molar-refractivity contribution in [3.63, 3.8) is 0 Å². The third-order valence-electron chi connectivity index (χ3n) is 6.07. The largest absolute Gasteiger partial charge is 0.325 e. The lowest BCUT2D eigenvalue weighted by Crippen LogP contribution is -2.62. The average molecular weight is 333 g/mol. The van der Waals surface area contributed by atoms with Crippen molar-refractivity contribution in [1.82, 2.24) is 5.32 Å². The van der Waals surface area contributed by atoms with E-state index in [1.807, 2.05) is 19.1 Å². The first-order chi connectivity index (χ1) is 11.0. The van der Waals surface area contributed by atoms with E-state index >= 15 is 0 Å². The summed E-state index contributed by atoms with van der Waals surface area (Å²) in [6.45, 7) is 1.99. The second kappa shape index (κ2) is 5.78. The molecule has 4 aliphatic rings. The summed E-state index contributed by atoms with van der Waals surface area (Å²) < 4.78 is 0. The SMILES string of the molecule is C[C@@H](NC12CC3CC(CC(C3)C1)C2)C(=O)Nc1ccc(Cl)cc1. The molecule has 0 heterocycles. The Labute approximate surface area is 143 Å². The van der Waals surface area contributed by atoms with E-state index in [1.54, 1.807) is 12.1 Å². The quantitative estimate of drug-likeness (QED) is 0.866. The van der Waals surface area contributed by atoms with Crippen LogP contribution in [0.3, 0.4) is 0 Å². The van der Waals surface area contributed by atoms with Crippen molar-refractivity contribution in [3.8, 4) is 0 Å². The van der Waals surface area contributed by atoms with E-state index in [0.717, 1.165) is 23.4 Å². The summed E-state index contributed by atoms with van der Waals surface area (Å²) in [4.78, 5) is 12.5. The zero-order valence-electron chi connectivity index (χ0n) is 13.6. The fourth-order valence-electron chi connectivity index (χ4n) is 5.60. The minimum Gasteiger partial charge on any atom is -0.325 e. The molecule has 0 saturated heterocycles. The average Bonchev–Trinajstić information content (AvgIpc) is 2.47. The first-order valence-corrected chi connectivity index (χ1v) is 9.23. The van der Waals surface area contributed by atoms with Gasteiger partial charge in [0.1, 0.15) is 0 Å². The Kier molecular flexibility index (Phi) is 3.89. The number of carbonyl (C=O) groups excluding carboxylic acids is 1. The van der Waals surface area contributed by atoms with Crippen LogP contribution < -0.4 is 10.6 Å². The van der Waals surface area contributed by atoms with Crippen molar-refractivity contribution >= 4 is 23.2 Å². The van der Waals surface area contributed by atoms with E-state index in [0.29, 0.717) is 5.02 Å². The van der Waals surface area contributed by atoms with Crippen molar-refractivity contribution in [2.75, 3.05) is 5.32 Å². The third kappa shape index (κ3) is 3.14. The number of anilines is 1. The second-order valence-electron chi connectivity index (χ2n) is 8.06. The monoisotopic (exact) mass is 332 g/mol. The molecule has 2 N–H and O–H groups in total. The number of benzene rings is 1. The normalized spacial score (nSPS) is 36.0. The molecule has 1 aromatic carbocycles. The molecule has 1 aromatic rings. The Balaban J connectivity index is 1.40. The molecule has 4 heteroatoms. The van der Waals surface area contributed by atoms with E-state index in [2.05, 4.69) is 10.6 Å². The Morgan fingerprint density at radius 1 is 1.09 bits per heavy atom. The Morgan fingerprint density at radius 3 is 2.13 bits per heavy atom. The van der Waals surface area contributed by atoms with E-state index in [1.165, 1.54) is 38.5 Å². The van der Waals surface area contributed by atoms with Gasteiger partial charge >= 0.3 is 0 Å². The standard InChI is InChI=1S/C19H25ClN2O/c1-12(18(23)21-17-4-2-16(20)3-5-17)22-19-9-13-6-14(10-19)8-15(7-13)11-19/h2-5,12-15,22H,6-11H2,1H3,(H,21,23)/t12-,13?,14?,15?,19?/m1/s1. The fraction of sp³-hybridized carbons (Fsp3) is 0.632. The lowest BCUT2D eigenvalue weighted by Gasteiger charge is -2.57. The highest BCUT2D eigenvalue weighted by atomic mass is 35.5. The van der Waals surface area contributed by atoms with Gasteiger partial charge in [-0.2, -0.15) is 0 Å². The minimum atomic E-state index is -0.165. The number of amides is 1.